The van der Waals surface area contributed by atoms with Crippen LogP contribution in [0.3, 0.4) is 0 Å². The number of likely N-dealkylation sites (tertiary alicyclic amines) is 1. The number of aromatic nitrogens is 2. The van der Waals surface area contributed by atoms with Crippen molar-refractivity contribution in [3.8, 4) is 0 Å². The zero-order valence-corrected chi connectivity index (χ0v) is 13.6. The molecule has 2 aliphatic rings. The number of hydrogen-bond acceptors (Lipinski definition) is 3. The molecule has 1 aliphatic carbocycles. The second-order valence-electron chi connectivity index (χ2n) is 6.19. The van der Waals surface area contributed by atoms with Gasteiger partial charge in [-0.1, -0.05) is 0 Å². The minimum absolute atomic E-state index is 0. The molecule has 1 atom stereocenters. The fourth-order valence-electron chi connectivity index (χ4n) is 2.81. The first-order valence-electron chi connectivity index (χ1n) is 7.70. The van der Waals surface area contributed by atoms with Gasteiger partial charge in [0.15, 0.2) is 0 Å². The number of hydrogen-bond donors (Lipinski definition) is 1. The molecule has 0 spiro atoms. The monoisotopic (exact) mass is 326 g/mol. The summed E-state index contributed by atoms with van der Waals surface area (Å²) in [5.41, 5.74) is 0.751. The van der Waals surface area contributed by atoms with Crippen molar-refractivity contribution in [2.75, 3.05) is 18.4 Å². The van der Waals surface area contributed by atoms with Gasteiger partial charge in [-0.15, -0.1) is 12.4 Å². The van der Waals surface area contributed by atoms with Gasteiger partial charge < -0.3 is 10.2 Å². The molecular formula is C15H23ClN4O2. The highest BCUT2D eigenvalue weighted by atomic mass is 35.5. The topological polar surface area (TPSA) is 67.2 Å². The first-order chi connectivity index (χ1) is 10.1. The molecule has 1 unspecified atom stereocenters. The Kier molecular flexibility index (Phi) is 5.45. The van der Waals surface area contributed by atoms with Crippen molar-refractivity contribution in [3.05, 3.63) is 12.4 Å². The molecule has 0 bridgehead atoms. The van der Waals surface area contributed by atoms with Crippen LogP contribution >= 0.6 is 12.4 Å². The molecule has 1 aromatic heterocycles. The molecule has 0 aromatic carbocycles. The minimum atomic E-state index is -0.116. The molecule has 2 heterocycles. The van der Waals surface area contributed by atoms with E-state index < -0.39 is 0 Å². The molecule has 2 fully saturated rings. The summed E-state index contributed by atoms with van der Waals surface area (Å²) in [6.45, 7) is 3.79. The minimum Gasteiger partial charge on any atom is -0.342 e. The number of amides is 2. The van der Waals surface area contributed by atoms with E-state index in [1.807, 2.05) is 10.9 Å². The van der Waals surface area contributed by atoms with Crippen molar-refractivity contribution >= 4 is 29.9 Å². The second kappa shape index (κ2) is 7.13. The first-order valence-corrected chi connectivity index (χ1v) is 7.70. The SMILES string of the molecule is CC(=O)N1CCCC(C(=O)Nc2cnn(CC3CC3)c2)C1.Cl. The van der Waals surface area contributed by atoms with Crippen LogP contribution in [0, 0.1) is 11.8 Å². The van der Waals surface area contributed by atoms with Crippen molar-refractivity contribution in [2.45, 2.75) is 39.2 Å². The lowest BCUT2D eigenvalue weighted by Crippen LogP contribution is -2.42. The van der Waals surface area contributed by atoms with E-state index in [1.165, 1.54) is 12.8 Å². The van der Waals surface area contributed by atoms with Gasteiger partial charge in [-0.3, -0.25) is 14.3 Å². The highest BCUT2D eigenvalue weighted by molar-refractivity contribution is 5.92. The number of piperidine rings is 1. The molecule has 22 heavy (non-hydrogen) atoms. The lowest BCUT2D eigenvalue weighted by molar-refractivity contribution is -0.132. The molecule has 2 amide bonds. The predicted octanol–water partition coefficient (Wildman–Crippen LogP) is 1.91. The standard InChI is InChI=1S/C15H22N4O2.ClH/c1-11(20)18-6-2-3-13(9-18)15(21)17-14-7-16-19(10-14)8-12-4-5-12;/h7,10,12-13H,2-6,8-9H2,1H3,(H,17,21);1H. The fraction of sp³-hybridized carbons (Fsp3) is 0.667. The molecule has 1 aliphatic heterocycles. The Morgan fingerprint density at radius 3 is 2.82 bits per heavy atom. The van der Waals surface area contributed by atoms with Crippen molar-refractivity contribution in [3.63, 3.8) is 0 Å². The third kappa shape index (κ3) is 4.22. The van der Waals surface area contributed by atoms with Gasteiger partial charge in [-0.2, -0.15) is 5.10 Å². The highest BCUT2D eigenvalue weighted by Crippen LogP contribution is 2.30. The lowest BCUT2D eigenvalue weighted by Gasteiger charge is -2.31. The Morgan fingerprint density at radius 1 is 1.36 bits per heavy atom. The third-order valence-electron chi connectivity index (χ3n) is 4.28. The molecule has 1 aromatic rings. The first kappa shape index (κ1) is 16.8. The number of halogens is 1. The van der Waals surface area contributed by atoms with Crippen molar-refractivity contribution in [1.29, 1.82) is 0 Å². The maximum absolute atomic E-state index is 12.3. The van der Waals surface area contributed by atoms with Crippen LogP contribution in [0.15, 0.2) is 12.4 Å². The van der Waals surface area contributed by atoms with Gasteiger partial charge in [-0.25, -0.2) is 0 Å². The average molecular weight is 327 g/mol. The summed E-state index contributed by atoms with van der Waals surface area (Å²) in [4.78, 5) is 25.5. The largest absolute Gasteiger partial charge is 0.342 e. The van der Waals surface area contributed by atoms with Crippen LogP contribution in [0.5, 0.6) is 0 Å². The van der Waals surface area contributed by atoms with E-state index in [2.05, 4.69) is 10.4 Å². The Morgan fingerprint density at radius 2 is 2.14 bits per heavy atom. The van der Waals surface area contributed by atoms with E-state index in [-0.39, 0.29) is 30.1 Å². The zero-order valence-electron chi connectivity index (χ0n) is 12.8. The highest BCUT2D eigenvalue weighted by Gasteiger charge is 2.27. The summed E-state index contributed by atoms with van der Waals surface area (Å²) in [5, 5.41) is 7.20. The molecular weight excluding hydrogens is 304 g/mol. The van der Waals surface area contributed by atoms with Gasteiger partial charge in [0.1, 0.15) is 0 Å². The van der Waals surface area contributed by atoms with E-state index >= 15 is 0 Å². The number of rotatable bonds is 4. The summed E-state index contributed by atoms with van der Waals surface area (Å²) in [6.07, 6.45) is 7.88. The average Bonchev–Trinajstić information content (AvgIpc) is 3.18. The summed E-state index contributed by atoms with van der Waals surface area (Å²) < 4.78 is 1.90. The van der Waals surface area contributed by atoms with Gasteiger partial charge in [0.2, 0.25) is 11.8 Å². The third-order valence-corrected chi connectivity index (χ3v) is 4.28. The number of anilines is 1. The maximum Gasteiger partial charge on any atom is 0.229 e. The van der Waals surface area contributed by atoms with E-state index in [0.717, 1.165) is 37.5 Å². The zero-order chi connectivity index (χ0) is 14.8. The van der Waals surface area contributed by atoms with E-state index in [1.54, 1.807) is 18.0 Å². The number of nitrogens with one attached hydrogen (secondary N) is 1. The normalized spacial score (nSPS) is 21.1. The summed E-state index contributed by atoms with van der Waals surface area (Å²) >= 11 is 0. The second-order valence-corrected chi connectivity index (χ2v) is 6.19. The Hall–Kier alpha value is -1.56. The quantitative estimate of drug-likeness (QED) is 0.919. The summed E-state index contributed by atoms with van der Waals surface area (Å²) in [5.74, 6) is 0.682. The fourth-order valence-corrected chi connectivity index (χ4v) is 2.81. The van der Waals surface area contributed by atoms with Crippen molar-refractivity contribution in [1.82, 2.24) is 14.7 Å². The van der Waals surface area contributed by atoms with E-state index in [9.17, 15) is 9.59 Å². The molecule has 122 valence electrons. The molecule has 6 nitrogen and oxygen atoms in total. The summed E-state index contributed by atoms with van der Waals surface area (Å²) in [7, 11) is 0. The maximum atomic E-state index is 12.3. The van der Waals surface area contributed by atoms with Crippen LogP contribution in [0.4, 0.5) is 5.69 Å². The van der Waals surface area contributed by atoms with Gasteiger partial charge in [0.05, 0.1) is 17.8 Å². The van der Waals surface area contributed by atoms with Crippen molar-refractivity contribution < 1.29 is 9.59 Å². The molecule has 1 saturated heterocycles. The molecule has 1 N–H and O–H groups in total. The predicted molar refractivity (Wildman–Crippen MR) is 85.8 cm³/mol. The van der Waals surface area contributed by atoms with Crippen LogP contribution in [-0.2, 0) is 16.1 Å². The number of carbonyl (C=O) groups is 2. The summed E-state index contributed by atoms with van der Waals surface area (Å²) in [6, 6.07) is 0. The van der Waals surface area contributed by atoms with E-state index in [0.29, 0.717) is 6.54 Å². The molecule has 0 radical (unpaired) electrons. The van der Waals surface area contributed by atoms with Gasteiger partial charge in [-0.05, 0) is 31.6 Å². The van der Waals surface area contributed by atoms with Gasteiger partial charge >= 0.3 is 0 Å². The van der Waals surface area contributed by atoms with Crippen molar-refractivity contribution in [2.24, 2.45) is 11.8 Å². The molecule has 7 heteroatoms. The smallest absolute Gasteiger partial charge is 0.229 e. The van der Waals surface area contributed by atoms with Gasteiger partial charge in [0, 0.05) is 32.8 Å². The van der Waals surface area contributed by atoms with E-state index in [4.69, 9.17) is 0 Å². The molecule has 1 saturated carbocycles. The van der Waals surface area contributed by atoms with Crippen LogP contribution in [0.2, 0.25) is 0 Å². The number of nitrogens with zero attached hydrogens (tertiary/aromatic N) is 3. The Balaban J connectivity index is 0.00000176. The lowest BCUT2D eigenvalue weighted by atomic mass is 9.97. The van der Waals surface area contributed by atoms with Crippen LogP contribution in [0.1, 0.15) is 32.6 Å². The Bertz CT molecular complexity index is 541. The van der Waals surface area contributed by atoms with Gasteiger partial charge in [0.25, 0.3) is 0 Å². The Labute approximate surface area is 136 Å². The van der Waals surface area contributed by atoms with Crippen LogP contribution < -0.4 is 5.32 Å². The number of carbonyl (C=O) groups excluding carboxylic acids is 2. The molecule has 3 rings (SSSR count). The van der Waals surface area contributed by atoms with Crippen LogP contribution in [-0.4, -0.2) is 39.6 Å². The van der Waals surface area contributed by atoms with Crippen LogP contribution in [0.25, 0.3) is 0 Å².